The van der Waals surface area contributed by atoms with E-state index < -0.39 is 22.0 Å². The number of hydrogen-bond acceptors (Lipinski definition) is 4. The molecule has 0 rings (SSSR count). The van der Waals surface area contributed by atoms with E-state index in [1.807, 2.05) is 0 Å². The van der Waals surface area contributed by atoms with Crippen molar-refractivity contribution in [2.24, 2.45) is 0 Å². The molecule has 0 aromatic carbocycles. The van der Waals surface area contributed by atoms with E-state index >= 15 is 0 Å². The van der Waals surface area contributed by atoms with Gasteiger partial charge in [0.1, 0.15) is 5.78 Å². The monoisotopic (exact) mass is 266 g/mol. The first-order valence-corrected chi connectivity index (χ1v) is 7.54. The van der Waals surface area contributed by atoms with Crippen LogP contribution in [0.15, 0.2) is 0 Å². The highest BCUT2D eigenvalue weighted by atomic mass is 32.2. The molecule has 0 aliphatic heterocycles. The van der Waals surface area contributed by atoms with Gasteiger partial charge in [-0.2, -0.15) is 8.42 Å². The molecule has 0 aromatic heterocycles. The maximum Gasteiger partial charge on any atom is 0.292 e. The minimum Gasteiger partial charge on any atom is -0.375 e. The Labute approximate surface area is 103 Å². The van der Waals surface area contributed by atoms with Crippen LogP contribution in [-0.2, 0) is 14.9 Å². The summed E-state index contributed by atoms with van der Waals surface area (Å²) in [6.45, 7) is 2.13. The molecule has 0 heterocycles. The Bertz CT molecular complexity index is 310. The molecule has 0 amide bonds. The summed E-state index contributed by atoms with van der Waals surface area (Å²) in [6, 6.07) is 0. The van der Waals surface area contributed by atoms with Crippen LogP contribution < -0.4 is 0 Å². The quantitative estimate of drug-likeness (QED) is 0.465. The van der Waals surface area contributed by atoms with Gasteiger partial charge in [-0.15, -0.1) is 0 Å². The normalized spacial score (nSPS) is 13.6. The van der Waals surface area contributed by atoms with Gasteiger partial charge >= 0.3 is 0 Å². The van der Waals surface area contributed by atoms with E-state index in [2.05, 4.69) is 6.92 Å². The number of carbonyl (C=O) groups excluding carboxylic acids is 1. The van der Waals surface area contributed by atoms with Crippen molar-refractivity contribution in [1.29, 1.82) is 0 Å². The van der Waals surface area contributed by atoms with Gasteiger partial charge < -0.3 is 5.11 Å². The Kier molecular flexibility index (Phi) is 8.37. The Balaban J connectivity index is 3.60. The van der Waals surface area contributed by atoms with E-state index in [4.69, 9.17) is 9.66 Å². The molecule has 2 N–H and O–H groups in total. The van der Waals surface area contributed by atoms with Crippen LogP contribution in [-0.4, -0.2) is 29.3 Å². The molecule has 0 radical (unpaired) electrons. The molecule has 17 heavy (non-hydrogen) atoms. The van der Waals surface area contributed by atoms with Gasteiger partial charge in [0.05, 0.1) is 0 Å². The van der Waals surface area contributed by atoms with E-state index in [1.165, 1.54) is 12.8 Å². The van der Waals surface area contributed by atoms with E-state index in [0.717, 1.165) is 19.3 Å². The third kappa shape index (κ3) is 9.26. The SMILES string of the molecule is CCCCCCCCC(=O)CC(O)S(=O)(=O)O. The smallest absolute Gasteiger partial charge is 0.292 e. The van der Waals surface area contributed by atoms with Gasteiger partial charge in [-0.1, -0.05) is 39.0 Å². The first kappa shape index (κ1) is 16.5. The first-order valence-electron chi connectivity index (χ1n) is 6.04. The Morgan fingerprint density at radius 2 is 1.65 bits per heavy atom. The lowest BCUT2D eigenvalue weighted by molar-refractivity contribution is -0.120. The number of aliphatic hydroxyl groups is 1. The molecule has 102 valence electrons. The predicted octanol–water partition coefficient (Wildman–Crippen LogP) is 1.90. The average Bonchev–Trinajstić information content (AvgIpc) is 2.21. The fourth-order valence-electron chi connectivity index (χ4n) is 1.50. The number of hydrogen-bond donors (Lipinski definition) is 2. The summed E-state index contributed by atoms with van der Waals surface area (Å²) in [4.78, 5) is 11.3. The molecule has 0 aliphatic rings. The molecule has 5 nitrogen and oxygen atoms in total. The molecule has 0 saturated carbocycles. The van der Waals surface area contributed by atoms with Crippen molar-refractivity contribution >= 4 is 15.9 Å². The number of aliphatic hydroxyl groups excluding tert-OH is 1. The second kappa shape index (κ2) is 8.60. The molecular weight excluding hydrogens is 244 g/mol. The molecule has 0 saturated heterocycles. The molecule has 0 aromatic rings. The number of rotatable bonds is 10. The van der Waals surface area contributed by atoms with Crippen molar-refractivity contribution in [3.8, 4) is 0 Å². The summed E-state index contributed by atoms with van der Waals surface area (Å²) in [5, 5.41) is 8.97. The van der Waals surface area contributed by atoms with E-state index in [1.54, 1.807) is 0 Å². The minimum absolute atomic E-state index is 0.263. The van der Waals surface area contributed by atoms with Crippen molar-refractivity contribution in [2.75, 3.05) is 0 Å². The maximum atomic E-state index is 11.3. The van der Waals surface area contributed by atoms with Gasteiger partial charge in [0.15, 0.2) is 5.44 Å². The van der Waals surface area contributed by atoms with E-state index in [-0.39, 0.29) is 12.2 Å². The number of ketones is 1. The standard InChI is InChI=1S/C11H22O5S/c1-2-3-4-5-6-7-8-10(12)9-11(13)17(14,15)16/h11,13H,2-9H2,1H3,(H,14,15,16). The maximum absolute atomic E-state index is 11.3. The highest BCUT2D eigenvalue weighted by Gasteiger charge is 2.22. The average molecular weight is 266 g/mol. The second-order valence-electron chi connectivity index (χ2n) is 4.23. The van der Waals surface area contributed by atoms with Crippen LogP contribution in [0.25, 0.3) is 0 Å². The summed E-state index contributed by atoms with van der Waals surface area (Å²) in [5.74, 6) is -0.328. The molecule has 0 aliphatic carbocycles. The summed E-state index contributed by atoms with van der Waals surface area (Å²) >= 11 is 0. The van der Waals surface area contributed by atoms with Gasteiger partial charge in [-0.25, -0.2) is 0 Å². The van der Waals surface area contributed by atoms with Crippen molar-refractivity contribution in [3.63, 3.8) is 0 Å². The minimum atomic E-state index is -4.51. The molecule has 0 fully saturated rings. The van der Waals surface area contributed by atoms with Crippen LogP contribution in [0.4, 0.5) is 0 Å². The van der Waals surface area contributed by atoms with E-state index in [0.29, 0.717) is 6.42 Å². The zero-order chi connectivity index (χ0) is 13.3. The Hall–Kier alpha value is -0.460. The molecule has 1 atom stereocenters. The number of Topliss-reactive ketones (excluding diaryl/α,β-unsaturated/α-hetero) is 1. The van der Waals surface area contributed by atoms with Crippen molar-refractivity contribution < 1.29 is 22.9 Å². The number of unbranched alkanes of at least 4 members (excludes halogenated alkanes) is 5. The fourth-order valence-corrected chi connectivity index (χ4v) is 1.90. The highest BCUT2D eigenvalue weighted by molar-refractivity contribution is 7.86. The number of carbonyl (C=O) groups is 1. The largest absolute Gasteiger partial charge is 0.375 e. The molecular formula is C11H22O5S. The van der Waals surface area contributed by atoms with Crippen molar-refractivity contribution in [3.05, 3.63) is 0 Å². The lowest BCUT2D eigenvalue weighted by Crippen LogP contribution is -2.23. The summed E-state index contributed by atoms with van der Waals surface area (Å²) in [6.07, 6.45) is 5.97. The third-order valence-corrected chi connectivity index (χ3v) is 3.41. The topological polar surface area (TPSA) is 91.7 Å². The van der Waals surface area contributed by atoms with Crippen LogP contribution >= 0.6 is 0 Å². The fraction of sp³-hybridized carbons (Fsp3) is 0.909. The molecule has 0 bridgehead atoms. The van der Waals surface area contributed by atoms with Crippen molar-refractivity contribution in [2.45, 2.75) is 63.7 Å². The van der Waals surface area contributed by atoms with Crippen LogP contribution in [0.3, 0.4) is 0 Å². The van der Waals surface area contributed by atoms with Gasteiger partial charge in [-0.05, 0) is 6.42 Å². The van der Waals surface area contributed by atoms with Crippen molar-refractivity contribution in [1.82, 2.24) is 0 Å². The van der Waals surface area contributed by atoms with E-state index in [9.17, 15) is 13.2 Å². The predicted molar refractivity (Wildman–Crippen MR) is 65.2 cm³/mol. The van der Waals surface area contributed by atoms with Crippen LogP contribution in [0.1, 0.15) is 58.3 Å². The zero-order valence-corrected chi connectivity index (χ0v) is 11.1. The zero-order valence-electron chi connectivity index (χ0n) is 10.3. The van der Waals surface area contributed by atoms with Crippen LogP contribution in [0.5, 0.6) is 0 Å². The Morgan fingerprint density at radius 3 is 2.18 bits per heavy atom. The molecule has 1 unspecified atom stereocenters. The lowest BCUT2D eigenvalue weighted by atomic mass is 10.1. The highest BCUT2D eigenvalue weighted by Crippen LogP contribution is 2.10. The van der Waals surface area contributed by atoms with Crippen LogP contribution in [0.2, 0.25) is 0 Å². The van der Waals surface area contributed by atoms with Gasteiger partial charge in [0, 0.05) is 12.8 Å². The van der Waals surface area contributed by atoms with Crippen LogP contribution in [0, 0.1) is 0 Å². The summed E-state index contributed by atoms with van der Waals surface area (Å²) in [7, 11) is -4.51. The first-order chi connectivity index (χ1) is 7.88. The lowest BCUT2D eigenvalue weighted by Gasteiger charge is -2.06. The van der Waals surface area contributed by atoms with Gasteiger partial charge in [0.25, 0.3) is 10.1 Å². The molecule has 6 heteroatoms. The summed E-state index contributed by atoms with van der Waals surface area (Å²) in [5.41, 5.74) is -1.98. The van der Waals surface area contributed by atoms with Gasteiger partial charge in [-0.3, -0.25) is 9.35 Å². The Morgan fingerprint density at radius 1 is 1.12 bits per heavy atom. The third-order valence-electron chi connectivity index (χ3n) is 2.56. The second-order valence-corrected chi connectivity index (χ2v) is 5.80. The van der Waals surface area contributed by atoms with Gasteiger partial charge in [0.2, 0.25) is 0 Å². The summed E-state index contributed by atoms with van der Waals surface area (Å²) < 4.78 is 29.4. The molecule has 0 spiro atoms.